The highest BCUT2D eigenvalue weighted by Gasteiger charge is 2.73. The number of nitrogens with one attached hydrogen (secondary N) is 1. The molecule has 5 nitrogen and oxygen atoms in total. The maximum Gasteiger partial charge on any atom is 0.241 e. The number of ether oxygens (including phenoxy) is 1. The van der Waals surface area contributed by atoms with Crippen molar-refractivity contribution in [2.45, 2.75) is 83.9 Å². The largest absolute Gasteiger partial charge is 0.378 e. The molecule has 1 amide bonds. The molecule has 1 aliphatic heterocycles. The number of carbonyl (C=O) groups excluding carboxylic acids is 1. The number of piperidine rings is 1. The lowest BCUT2D eigenvalue weighted by atomic mass is 9.33. The first-order chi connectivity index (χ1) is 17.9. The Labute approximate surface area is 195 Å². The van der Waals surface area contributed by atoms with Gasteiger partial charge in [-0.1, -0.05) is 34.6 Å². The highest BCUT2D eigenvalue weighted by atomic mass is 16.5. The van der Waals surface area contributed by atoms with Gasteiger partial charge < -0.3 is 15.0 Å². The number of nitriles is 1. The van der Waals surface area contributed by atoms with E-state index in [1.54, 1.807) is 0 Å². The average molecular weight is 424 g/mol. The van der Waals surface area contributed by atoms with Gasteiger partial charge in [0, 0.05) is 26.9 Å². The van der Waals surface area contributed by atoms with E-state index in [-0.39, 0.29) is 17.9 Å². The van der Waals surface area contributed by atoms with E-state index in [1.165, 1.54) is 25.8 Å². The maximum absolute atomic E-state index is 14.6. The van der Waals surface area contributed by atoms with Crippen molar-refractivity contribution in [2.24, 2.45) is 46.2 Å². The van der Waals surface area contributed by atoms with Gasteiger partial charge in [-0.25, -0.2) is 0 Å². The van der Waals surface area contributed by atoms with E-state index in [1.807, 2.05) is 6.92 Å². The summed E-state index contributed by atoms with van der Waals surface area (Å²) in [4.78, 5) is 15.9. The van der Waals surface area contributed by atoms with Crippen LogP contribution in [0.2, 0.25) is 0 Å². The van der Waals surface area contributed by atoms with Gasteiger partial charge in [0.05, 0.1) is 17.7 Å². The number of hydrogen-bond acceptors (Lipinski definition) is 4. The molecule has 12 atom stereocenters. The lowest BCUT2D eigenvalue weighted by Gasteiger charge is -2.74. The van der Waals surface area contributed by atoms with Crippen molar-refractivity contribution in [3.8, 4) is 6.07 Å². The van der Waals surface area contributed by atoms with Crippen LogP contribution in [0.15, 0.2) is 0 Å². The number of nitrogens with zero attached hydrogens (tertiary/aromatic N) is 2. The fraction of sp³-hybridized carbons (Fsp3) is 0.920. The van der Waals surface area contributed by atoms with Crippen LogP contribution in [-0.4, -0.2) is 48.7 Å². The van der Waals surface area contributed by atoms with Gasteiger partial charge in [-0.3, -0.25) is 4.79 Å². The van der Waals surface area contributed by atoms with Crippen molar-refractivity contribution in [2.75, 3.05) is 14.2 Å². The Kier molecular flexibility index (Phi) is 2.53. The summed E-state index contributed by atoms with van der Waals surface area (Å²) in [5.41, 5.74) is -8.05. The first kappa shape index (κ1) is 12.2. The molecule has 6 aliphatic rings. The topological polar surface area (TPSA) is 65.4 Å². The van der Waals surface area contributed by atoms with Crippen molar-refractivity contribution in [3.63, 3.8) is 0 Å². The van der Waals surface area contributed by atoms with Gasteiger partial charge in [0.25, 0.3) is 0 Å². The highest BCUT2D eigenvalue weighted by molar-refractivity contribution is 5.85. The highest BCUT2D eigenvalue weighted by Crippen LogP contribution is 2.74. The number of rotatable bonds is 4. The third kappa shape index (κ3) is 2.18. The van der Waals surface area contributed by atoms with Crippen molar-refractivity contribution in [1.29, 1.82) is 5.26 Å². The third-order valence-electron chi connectivity index (χ3n) is 8.79. The molecule has 0 aromatic rings. The van der Waals surface area contributed by atoms with E-state index >= 15 is 0 Å². The van der Waals surface area contributed by atoms with Gasteiger partial charge in [0.1, 0.15) is 6.04 Å². The van der Waals surface area contributed by atoms with Gasteiger partial charge >= 0.3 is 0 Å². The SMILES string of the molecule is [2H]C1([2H])C2([2H])C([2H])(C)C3(C)C([2H])([2H])C1([C@H](NC)C(=O)N1[C@H](C#N)C[C@@H]4C(C)[C@@H]41)C([2H])([2H])C(OC)(C2([2H])C)C3([2H])C. The van der Waals surface area contributed by atoms with Gasteiger partial charge in [-0.15, -0.1) is 0 Å². The Morgan fingerprint density at radius 1 is 1.33 bits per heavy atom. The summed E-state index contributed by atoms with van der Waals surface area (Å²) in [6, 6.07) is -1.06. The summed E-state index contributed by atoms with van der Waals surface area (Å²) in [7, 11) is 2.35. The number of likely N-dealkylation sites (tertiary alicyclic amines) is 1. The molecule has 0 aromatic carbocycles. The molecule has 6 fully saturated rings. The van der Waals surface area contributed by atoms with Crippen molar-refractivity contribution in [1.82, 2.24) is 10.2 Å². The smallest absolute Gasteiger partial charge is 0.241 e. The Hall–Kier alpha value is -1.12. The minimum absolute atomic E-state index is 0.0442. The van der Waals surface area contributed by atoms with Crippen LogP contribution in [-0.2, 0) is 9.53 Å². The predicted octanol–water partition coefficient (Wildman–Crippen LogP) is 3.45. The molecule has 1 heterocycles. The number of methoxy groups -OCH3 is 1. The number of fused-ring (bicyclic) bond motifs is 1. The number of amides is 1. The fourth-order valence-corrected chi connectivity index (χ4v) is 6.73. The zero-order valence-corrected chi connectivity index (χ0v) is 18.8. The van der Waals surface area contributed by atoms with Gasteiger partial charge in [-0.2, -0.15) is 5.26 Å². The first-order valence-electron chi connectivity index (χ1n) is 15.8. The molecule has 1 N–H and O–H groups in total. The van der Waals surface area contributed by atoms with Crippen LogP contribution in [0.3, 0.4) is 0 Å². The Morgan fingerprint density at radius 3 is 2.63 bits per heavy atom. The van der Waals surface area contributed by atoms with Crippen LogP contribution in [0.25, 0.3) is 0 Å². The molecular weight excluding hydrogens is 374 g/mol. The second-order valence-electron chi connectivity index (χ2n) is 9.80. The molecule has 0 spiro atoms. The van der Waals surface area contributed by atoms with Crippen LogP contribution in [0.1, 0.15) is 73.9 Å². The second kappa shape index (κ2) is 6.23. The van der Waals surface area contributed by atoms with E-state index in [4.69, 9.17) is 4.74 Å². The zero-order valence-electron chi connectivity index (χ0n) is 28.8. The van der Waals surface area contributed by atoms with Crippen molar-refractivity contribution in [3.05, 3.63) is 0 Å². The Bertz CT molecular complexity index is 1190. The lowest BCUT2D eigenvalue weighted by Crippen LogP contribution is -2.75. The predicted molar refractivity (Wildman–Crippen MR) is 115 cm³/mol. The molecule has 5 heteroatoms. The molecule has 6 rings (SSSR count). The summed E-state index contributed by atoms with van der Waals surface area (Å²) in [5, 5.41) is 12.6. The summed E-state index contributed by atoms with van der Waals surface area (Å²) in [6.07, 6.45) is -9.32. The number of likely N-dealkylation sites (N-methyl/N-ethyl adjacent to an activating group) is 1. The molecule has 4 bridgehead atoms. The van der Waals surface area contributed by atoms with E-state index in [0.29, 0.717) is 6.42 Å². The standard InChI is InChI=1S/C25H39N3O2/c1-13-18-8-17(10-26)28(20(13)18)22(29)21(27-6)24-9-19-14(2)23(5,11-24)16(4)25(12-24,30-7)15(19)3/h13-21,27H,8-9,11-12H2,1-7H3/t13?,14?,15?,16?,17-,18+,19?,20-,21+,23?,24?,25?/m0/s1/i9D2,11D2,12D2,14D,15D,16D,19D. The summed E-state index contributed by atoms with van der Waals surface area (Å²) < 4.78 is 102. The monoisotopic (exact) mass is 423 g/mol. The van der Waals surface area contributed by atoms with E-state index in [0.717, 1.165) is 21.0 Å². The zero-order chi connectivity index (χ0) is 30.9. The molecule has 5 saturated carbocycles. The molecule has 8 unspecified atom stereocenters. The normalized spacial score (nSPS) is 76.3. The molecule has 0 radical (unpaired) electrons. The molecule has 166 valence electrons. The Morgan fingerprint density at radius 2 is 2.03 bits per heavy atom. The molecule has 1 saturated heterocycles. The molecule has 5 aliphatic carbocycles. The van der Waals surface area contributed by atoms with Crippen LogP contribution < -0.4 is 5.32 Å². The summed E-state index contributed by atoms with van der Waals surface area (Å²) >= 11 is 0. The first-order valence-corrected chi connectivity index (χ1v) is 10.8. The van der Waals surface area contributed by atoms with E-state index in [2.05, 4.69) is 11.4 Å². The van der Waals surface area contributed by atoms with Gasteiger partial charge in [-0.05, 0) is 78.8 Å². The molecule has 30 heavy (non-hydrogen) atoms. The molecule has 0 aromatic heterocycles. The lowest BCUT2D eigenvalue weighted by molar-refractivity contribution is -0.298. The minimum Gasteiger partial charge on any atom is -0.378 e. The van der Waals surface area contributed by atoms with Gasteiger partial charge in [0.2, 0.25) is 5.91 Å². The van der Waals surface area contributed by atoms with Gasteiger partial charge in [0.15, 0.2) is 0 Å². The van der Waals surface area contributed by atoms with Crippen LogP contribution in [0, 0.1) is 57.6 Å². The number of hydrogen-bond donors (Lipinski definition) is 1. The third-order valence-corrected chi connectivity index (χ3v) is 8.79. The van der Waals surface area contributed by atoms with Crippen molar-refractivity contribution < 1.29 is 23.2 Å². The van der Waals surface area contributed by atoms with E-state index in [9.17, 15) is 23.8 Å². The number of carbonyl (C=O) groups is 1. The van der Waals surface area contributed by atoms with E-state index < -0.39 is 77.1 Å². The van der Waals surface area contributed by atoms with Crippen LogP contribution in [0.4, 0.5) is 0 Å². The minimum atomic E-state index is -3.34. The quantitative estimate of drug-likeness (QED) is 0.752. The second-order valence-corrected chi connectivity index (χ2v) is 9.80. The van der Waals surface area contributed by atoms with Crippen LogP contribution in [0.5, 0.6) is 0 Å². The van der Waals surface area contributed by atoms with Crippen molar-refractivity contribution >= 4 is 5.91 Å². The molecular formula is C25H39N3O2. The van der Waals surface area contributed by atoms with Crippen LogP contribution >= 0.6 is 0 Å². The maximum atomic E-state index is 14.6. The summed E-state index contributed by atoms with van der Waals surface area (Å²) in [5.74, 6) is -11.1. The fourth-order valence-electron chi connectivity index (χ4n) is 6.73. The summed E-state index contributed by atoms with van der Waals surface area (Å²) in [6.45, 7) is 6.61. The average Bonchev–Trinajstić information content (AvgIpc) is 3.26. The Balaban J connectivity index is 1.94.